The number of aryl methyl sites for hydroxylation is 1. The minimum atomic E-state index is -0.310. The smallest absolute Gasteiger partial charge is 0.254 e. The molecule has 0 aliphatic carbocycles. The van der Waals surface area contributed by atoms with Crippen LogP contribution in [0.1, 0.15) is 34.3 Å². The van der Waals surface area contributed by atoms with Gasteiger partial charge in [-0.1, -0.05) is 17.7 Å². The van der Waals surface area contributed by atoms with Crippen LogP contribution in [0.3, 0.4) is 0 Å². The SMILES string of the molecule is Cc1ccc2c(c1)CN(C(=O)c1ccncc1)CC1(CCN(C)CC1)O2. The van der Waals surface area contributed by atoms with Crippen LogP contribution in [-0.4, -0.2) is 53.0 Å². The first-order valence-electron chi connectivity index (χ1n) is 9.21. The van der Waals surface area contributed by atoms with Crippen LogP contribution >= 0.6 is 0 Å². The number of likely N-dealkylation sites (tertiary alicyclic amines) is 1. The molecule has 2 aliphatic heterocycles. The van der Waals surface area contributed by atoms with Crippen LogP contribution in [0.25, 0.3) is 0 Å². The van der Waals surface area contributed by atoms with Crippen molar-refractivity contribution in [3.05, 3.63) is 59.4 Å². The van der Waals surface area contributed by atoms with Gasteiger partial charge < -0.3 is 14.5 Å². The van der Waals surface area contributed by atoms with E-state index in [9.17, 15) is 4.79 Å². The summed E-state index contributed by atoms with van der Waals surface area (Å²) in [5, 5.41) is 0. The number of carbonyl (C=O) groups is 1. The fraction of sp³-hybridized carbons (Fsp3) is 0.429. The van der Waals surface area contributed by atoms with Gasteiger partial charge in [-0.3, -0.25) is 9.78 Å². The predicted molar refractivity (Wildman–Crippen MR) is 100 cm³/mol. The zero-order valence-corrected chi connectivity index (χ0v) is 15.4. The maximum absolute atomic E-state index is 13.2. The first-order valence-corrected chi connectivity index (χ1v) is 9.21. The van der Waals surface area contributed by atoms with E-state index in [1.807, 2.05) is 4.90 Å². The van der Waals surface area contributed by atoms with Crippen molar-refractivity contribution in [2.75, 3.05) is 26.7 Å². The summed E-state index contributed by atoms with van der Waals surface area (Å²) in [5.41, 5.74) is 2.64. The van der Waals surface area contributed by atoms with E-state index in [1.165, 1.54) is 5.56 Å². The zero-order valence-electron chi connectivity index (χ0n) is 15.4. The van der Waals surface area contributed by atoms with Gasteiger partial charge in [-0.2, -0.15) is 0 Å². The van der Waals surface area contributed by atoms with Gasteiger partial charge in [0.05, 0.1) is 6.54 Å². The van der Waals surface area contributed by atoms with Crippen molar-refractivity contribution in [1.29, 1.82) is 0 Å². The average molecular weight is 351 g/mol. The Balaban J connectivity index is 1.71. The molecule has 0 saturated carbocycles. The number of pyridine rings is 1. The summed E-state index contributed by atoms with van der Waals surface area (Å²) in [6, 6.07) is 9.85. The van der Waals surface area contributed by atoms with Gasteiger partial charge in [-0.05, 0) is 32.2 Å². The van der Waals surface area contributed by atoms with E-state index in [2.05, 4.69) is 42.1 Å². The number of carbonyl (C=O) groups excluding carboxylic acids is 1. The highest BCUT2D eigenvalue weighted by Crippen LogP contribution is 2.36. The van der Waals surface area contributed by atoms with E-state index in [4.69, 9.17) is 4.74 Å². The lowest BCUT2D eigenvalue weighted by molar-refractivity contribution is -0.0103. The largest absolute Gasteiger partial charge is 0.485 e. The Kier molecular flexibility index (Phi) is 4.41. The Labute approximate surface area is 154 Å². The fourth-order valence-electron chi connectivity index (χ4n) is 3.91. The van der Waals surface area contributed by atoms with Gasteiger partial charge in [0.1, 0.15) is 11.4 Å². The topological polar surface area (TPSA) is 45.7 Å². The van der Waals surface area contributed by atoms with E-state index in [0.29, 0.717) is 18.7 Å². The van der Waals surface area contributed by atoms with Gasteiger partial charge in [-0.25, -0.2) is 0 Å². The first kappa shape index (κ1) is 17.0. The summed E-state index contributed by atoms with van der Waals surface area (Å²) < 4.78 is 6.57. The number of hydrogen-bond acceptors (Lipinski definition) is 4. The number of fused-ring (bicyclic) bond motifs is 1. The molecule has 0 N–H and O–H groups in total. The molecule has 1 aromatic carbocycles. The fourth-order valence-corrected chi connectivity index (χ4v) is 3.91. The van der Waals surface area contributed by atoms with E-state index in [1.54, 1.807) is 24.5 Å². The Bertz CT molecular complexity index is 798. The van der Waals surface area contributed by atoms with Crippen LogP contribution in [0, 0.1) is 6.92 Å². The minimum absolute atomic E-state index is 0.0451. The van der Waals surface area contributed by atoms with Crippen molar-refractivity contribution in [1.82, 2.24) is 14.8 Å². The molecule has 5 nitrogen and oxygen atoms in total. The lowest BCUT2D eigenvalue weighted by Crippen LogP contribution is -2.53. The van der Waals surface area contributed by atoms with E-state index >= 15 is 0 Å². The maximum atomic E-state index is 13.2. The molecule has 26 heavy (non-hydrogen) atoms. The molecule has 2 aliphatic rings. The maximum Gasteiger partial charge on any atom is 0.254 e. The molecule has 1 fully saturated rings. The normalized spacial score (nSPS) is 19.5. The predicted octanol–water partition coefficient (Wildman–Crippen LogP) is 2.89. The van der Waals surface area contributed by atoms with Crippen LogP contribution < -0.4 is 4.74 Å². The Morgan fingerprint density at radius 2 is 1.88 bits per heavy atom. The number of nitrogens with zero attached hydrogens (tertiary/aromatic N) is 3. The molecule has 3 heterocycles. The molecule has 1 saturated heterocycles. The molecule has 5 heteroatoms. The van der Waals surface area contributed by atoms with Crippen molar-refractivity contribution in [2.45, 2.75) is 31.9 Å². The van der Waals surface area contributed by atoms with Crippen LogP contribution in [0.4, 0.5) is 0 Å². The van der Waals surface area contributed by atoms with Gasteiger partial charge in [0.25, 0.3) is 5.91 Å². The molecule has 4 rings (SSSR count). The standard InChI is InChI=1S/C21H25N3O2/c1-16-3-4-19-18(13-16)14-24(20(25)17-5-9-22-10-6-17)15-21(26-19)7-11-23(2)12-8-21/h3-6,9-10,13H,7-8,11-12,14-15H2,1-2H3. The van der Waals surface area contributed by atoms with Gasteiger partial charge in [-0.15, -0.1) is 0 Å². The first-order chi connectivity index (χ1) is 12.5. The second kappa shape index (κ2) is 6.72. The molecule has 0 atom stereocenters. The Hall–Kier alpha value is -2.40. The monoisotopic (exact) mass is 351 g/mol. The molecule has 1 amide bonds. The molecule has 0 bridgehead atoms. The van der Waals surface area contributed by atoms with Crippen molar-refractivity contribution < 1.29 is 9.53 Å². The van der Waals surface area contributed by atoms with Crippen LogP contribution in [-0.2, 0) is 6.54 Å². The van der Waals surface area contributed by atoms with Crippen LogP contribution in [0.2, 0.25) is 0 Å². The Morgan fingerprint density at radius 3 is 2.62 bits per heavy atom. The molecular formula is C21H25N3O2. The molecule has 136 valence electrons. The summed E-state index contributed by atoms with van der Waals surface area (Å²) in [6.45, 7) is 5.24. The number of piperidine rings is 1. The second-order valence-corrected chi connectivity index (χ2v) is 7.60. The molecule has 0 unspecified atom stereocenters. The van der Waals surface area contributed by atoms with Crippen LogP contribution in [0.15, 0.2) is 42.7 Å². The highest BCUT2D eigenvalue weighted by molar-refractivity contribution is 5.94. The highest BCUT2D eigenvalue weighted by atomic mass is 16.5. The number of ether oxygens (including phenoxy) is 1. The number of rotatable bonds is 1. The average Bonchev–Trinajstić information content (AvgIpc) is 2.81. The van der Waals surface area contributed by atoms with Crippen molar-refractivity contribution >= 4 is 5.91 Å². The Morgan fingerprint density at radius 1 is 1.15 bits per heavy atom. The molecule has 1 aromatic heterocycles. The van der Waals surface area contributed by atoms with Gasteiger partial charge in [0.15, 0.2) is 0 Å². The van der Waals surface area contributed by atoms with Crippen molar-refractivity contribution in [3.8, 4) is 5.75 Å². The number of hydrogen-bond donors (Lipinski definition) is 0. The number of aromatic nitrogens is 1. The summed E-state index contributed by atoms with van der Waals surface area (Å²) in [6.07, 6.45) is 5.20. The molecule has 0 radical (unpaired) electrons. The summed E-state index contributed by atoms with van der Waals surface area (Å²) in [5.74, 6) is 0.967. The van der Waals surface area contributed by atoms with E-state index < -0.39 is 0 Å². The van der Waals surface area contributed by atoms with Crippen molar-refractivity contribution in [2.24, 2.45) is 0 Å². The van der Waals surface area contributed by atoms with E-state index in [0.717, 1.165) is 37.2 Å². The molecule has 2 aromatic rings. The molecule has 1 spiro atoms. The van der Waals surface area contributed by atoms with Gasteiger partial charge in [0.2, 0.25) is 0 Å². The van der Waals surface area contributed by atoms with E-state index in [-0.39, 0.29) is 11.5 Å². The quantitative estimate of drug-likeness (QED) is 0.793. The summed E-state index contributed by atoms with van der Waals surface area (Å²) in [4.78, 5) is 21.5. The summed E-state index contributed by atoms with van der Waals surface area (Å²) >= 11 is 0. The van der Waals surface area contributed by atoms with Gasteiger partial charge in [0, 0.05) is 56.0 Å². The zero-order chi connectivity index (χ0) is 18.1. The van der Waals surface area contributed by atoms with Gasteiger partial charge >= 0.3 is 0 Å². The number of benzene rings is 1. The third-order valence-corrected chi connectivity index (χ3v) is 5.50. The number of amides is 1. The highest BCUT2D eigenvalue weighted by Gasteiger charge is 2.41. The third kappa shape index (κ3) is 3.31. The second-order valence-electron chi connectivity index (χ2n) is 7.60. The minimum Gasteiger partial charge on any atom is -0.485 e. The third-order valence-electron chi connectivity index (χ3n) is 5.50. The molecular weight excluding hydrogens is 326 g/mol. The summed E-state index contributed by atoms with van der Waals surface area (Å²) in [7, 11) is 2.14. The van der Waals surface area contributed by atoms with Crippen molar-refractivity contribution in [3.63, 3.8) is 0 Å². The lowest BCUT2D eigenvalue weighted by atomic mass is 9.90. The lowest BCUT2D eigenvalue weighted by Gasteiger charge is -2.41. The van der Waals surface area contributed by atoms with Crippen LogP contribution in [0.5, 0.6) is 5.75 Å².